The predicted molar refractivity (Wildman–Crippen MR) is 110 cm³/mol. The lowest BCUT2D eigenvalue weighted by molar-refractivity contribution is -0.149. The highest BCUT2D eigenvalue weighted by Crippen LogP contribution is 2.32. The van der Waals surface area contributed by atoms with Crippen LogP contribution < -0.4 is 0 Å². The first kappa shape index (κ1) is 22.2. The second kappa shape index (κ2) is 8.73. The zero-order valence-electron chi connectivity index (χ0n) is 16.9. The molecule has 0 N–H and O–H groups in total. The maximum atomic E-state index is 13.3. The molecule has 162 valence electrons. The summed E-state index contributed by atoms with van der Waals surface area (Å²) in [5, 5.41) is -0.987. The van der Waals surface area contributed by atoms with Gasteiger partial charge in [0.05, 0.1) is 34.2 Å². The van der Waals surface area contributed by atoms with Gasteiger partial charge >= 0.3 is 5.97 Å². The number of aryl methyl sites for hydroxylation is 1. The molecular weight excluding hydrogens is 414 g/mol. The van der Waals surface area contributed by atoms with Crippen molar-refractivity contribution in [1.29, 1.82) is 0 Å². The van der Waals surface area contributed by atoms with Crippen LogP contribution in [0.1, 0.15) is 32.3 Å². The average molecular weight is 444 g/mol. The van der Waals surface area contributed by atoms with Crippen LogP contribution in [0.4, 0.5) is 0 Å². The van der Waals surface area contributed by atoms with Crippen LogP contribution in [0.5, 0.6) is 0 Å². The SMILES string of the molecule is CCOC(=O)C1CCN([C@H]2CS(=O)(=O)C[C@@H]2S(=O)(=O)c2ccc(CC)cc2)CC1. The molecule has 0 unspecified atom stereocenters. The molecule has 3 rings (SSSR count). The summed E-state index contributed by atoms with van der Waals surface area (Å²) in [6.07, 6.45) is 1.90. The number of carbonyl (C=O) groups excluding carboxylic acids is 1. The molecule has 0 aliphatic carbocycles. The molecule has 1 aromatic rings. The van der Waals surface area contributed by atoms with Crippen LogP contribution >= 0.6 is 0 Å². The maximum absolute atomic E-state index is 13.3. The number of sulfone groups is 2. The van der Waals surface area contributed by atoms with Crippen molar-refractivity contribution in [2.75, 3.05) is 31.2 Å². The van der Waals surface area contributed by atoms with Crippen molar-refractivity contribution in [2.24, 2.45) is 5.92 Å². The van der Waals surface area contributed by atoms with Gasteiger partial charge in [-0.3, -0.25) is 9.69 Å². The Morgan fingerprint density at radius 2 is 1.72 bits per heavy atom. The topological polar surface area (TPSA) is 97.8 Å². The zero-order chi connectivity index (χ0) is 21.2. The molecule has 0 spiro atoms. The average Bonchev–Trinajstić information content (AvgIpc) is 3.04. The minimum absolute atomic E-state index is 0.159. The van der Waals surface area contributed by atoms with Gasteiger partial charge in [0, 0.05) is 6.04 Å². The van der Waals surface area contributed by atoms with E-state index in [2.05, 4.69) is 0 Å². The van der Waals surface area contributed by atoms with Crippen molar-refractivity contribution < 1.29 is 26.4 Å². The van der Waals surface area contributed by atoms with E-state index in [-0.39, 0.29) is 28.3 Å². The molecule has 7 nitrogen and oxygen atoms in total. The monoisotopic (exact) mass is 443 g/mol. The first-order valence-corrected chi connectivity index (χ1v) is 13.5. The minimum Gasteiger partial charge on any atom is -0.466 e. The van der Waals surface area contributed by atoms with Gasteiger partial charge in [0.25, 0.3) is 0 Å². The molecule has 0 amide bonds. The summed E-state index contributed by atoms with van der Waals surface area (Å²) < 4.78 is 56.3. The van der Waals surface area contributed by atoms with Crippen molar-refractivity contribution in [3.8, 4) is 0 Å². The van der Waals surface area contributed by atoms with E-state index in [9.17, 15) is 21.6 Å². The third-order valence-electron chi connectivity index (χ3n) is 5.95. The third-order valence-corrected chi connectivity index (χ3v) is 10.1. The number of likely N-dealkylation sites (tertiary alicyclic amines) is 1. The van der Waals surface area contributed by atoms with Crippen molar-refractivity contribution in [1.82, 2.24) is 4.90 Å². The van der Waals surface area contributed by atoms with Gasteiger partial charge in [0.15, 0.2) is 19.7 Å². The number of ether oxygens (including phenoxy) is 1. The Hall–Kier alpha value is -1.45. The number of nitrogens with zero attached hydrogens (tertiary/aromatic N) is 1. The molecule has 2 heterocycles. The second-order valence-corrected chi connectivity index (χ2v) is 12.1. The van der Waals surface area contributed by atoms with Gasteiger partial charge in [-0.25, -0.2) is 16.8 Å². The molecular formula is C20H29NO6S2. The Morgan fingerprint density at radius 1 is 1.10 bits per heavy atom. The predicted octanol–water partition coefficient (Wildman–Crippen LogP) is 1.46. The lowest BCUT2D eigenvalue weighted by Gasteiger charge is -2.36. The fourth-order valence-electron chi connectivity index (χ4n) is 4.25. The van der Waals surface area contributed by atoms with Gasteiger partial charge in [0.1, 0.15) is 0 Å². The van der Waals surface area contributed by atoms with Crippen LogP contribution in [0, 0.1) is 5.92 Å². The van der Waals surface area contributed by atoms with Crippen molar-refractivity contribution in [3.63, 3.8) is 0 Å². The molecule has 0 bridgehead atoms. The van der Waals surface area contributed by atoms with Crippen LogP contribution in [0.2, 0.25) is 0 Å². The molecule has 0 radical (unpaired) electrons. The Bertz CT molecular complexity index is 932. The number of benzene rings is 1. The summed E-state index contributed by atoms with van der Waals surface area (Å²) in [7, 11) is -7.23. The largest absolute Gasteiger partial charge is 0.466 e. The fourth-order valence-corrected chi connectivity index (χ4v) is 9.08. The van der Waals surface area contributed by atoms with Crippen LogP contribution in [0.15, 0.2) is 29.2 Å². The Balaban J connectivity index is 1.80. The van der Waals surface area contributed by atoms with Gasteiger partial charge in [-0.15, -0.1) is 0 Å². The molecule has 9 heteroatoms. The summed E-state index contributed by atoms with van der Waals surface area (Å²) in [6.45, 7) is 5.06. The Labute approximate surface area is 173 Å². The lowest BCUT2D eigenvalue weighted by atomic mass is 9.95. The number of carbonyl (C=O) groups is 1. The van der Waals surface area contributed by atoms with E-state index in [0.717, 1.165) is 12.0 Å². The van der Waals surface area contributed by atoms with E-state index in [1.54, 1.807) is 31.2 Å². The smallest absolute Gasteiger partial charge is 0.309 e. The van der Waals surface area contributed by atoms with E-state index in [1.165, 1.54) is 0 Å². The van der Waals surface area contributed by atoms with E-state index in [1.807, 2.05) is 11.8 Å². The third kappa shape index (κ3) is 4.83. The quantitative estimate of drug-likeness (QED) is 0.614. The molecule has 0 aromatic heterocycles. The van der Waals surface area contributed by atoms with Crippen LogP contribution in [0.25, 0.3) is 0 Å². The second-order valence-electron chi connectivity index (χ2n) is 7.79. The van der Waals surface area contributed by atoms with E-state index >= 15 is 0 Å². The van der Waals surface area contributed by atoms with Crippen molar-refractivity contribution >= 4 is 25.6 Å². The number of piperidine rings is 1. The Morgan fingerprint density at radius 3 is 2.28 bits per heavy atom. The van der Waals surface area contributed by atoms with Gasteiger partial charge < -0.3 is 4.74 Å². The fraction of sp³-hybridized carbons (Fsp3) is 0.650. The molecule has 2 aliphatic rings. The van der Waals surface area contributed by atoms with Gasteiger partial charge in [-0.05, 0) is 57.0 Å². The van der Waals surface area contributed by atoms with E-state index in [0.29, 0.717) is 32.5 Å². The number of hydrogen-bond acceptors (Lipinski definition) is 7. The maximum Gasteiger partial charge on any atom is 0.309 e. The highest BCUT2D eigenvalue weighted by Gasteiger charge is 2.49. The van der Waals surface area contributed by atoms with Gasteiger partial charge in [-0.2, -0.15) is 0 Å². The van der Waals surface area contributed by atoms with Crippen LogP contribution in [0.3, 0.4) is 0 Å². The van der Waals surface area contributed by atoms with Crippen molar-refractivity contribution in [3.05, 3.63) is 29.8 Å². The van der Waals surface area contributed by atoms with Crippen LogP contribution in [-0.2, 0) is 35.6 Å². The first-order valence-electron chi connectivity index (χ1n) is 10.1. The molecule has 29 heavy (non-hydrogen) atoms. The zero-order valence-corrected chi connectivity index (χ0v) is 18.5. The molecule has 2 aliphatic heterocycles. The van der Waals surface area contributed by atoms with Gasteiger partial charge in [0.2, 0.25) is 0 Å². The normalized spacial score (nSPS) is 25.7. The first-order chi connectivity index (χ1) is 13.7. The molecule has 1 aromatic carbocycles. The molecule has 2 atom stereocenters. The minimum atomic E-state index is -3.78. The highest BCUT2D eigenvalue weighted by molar-refractivity contribution is 7.96. The van der Waals surface area contributed by atoms with Crippen molar-refractivity contribution in [2.45, 2.75) is 49.3 Å². The lowest BCUT2D eigenvalue weighted by Crippen LogP contribution is -2.50. The Kier molecular flexibility index (Phi) is 6.70. The standard InChI is InChI=1S/C20H29NO6S2/c1-3-15-5-7-17(8-6-15)29(25,26)19-14-28(23,24)13-18(19)21-11-9-16(10-12-21)20(22)27-4-2/h5-8,16,18-19H,3-4,9-14H2,1-2H3/t18-,19-/m0/s1. The summed E-state index contributed by atoms with van der Waals surface area (Å²) in [6, 6.07) is 6.11. The van der Waals surface area contributed by atoms with Gasteiger partial charge in [-0.1, -0.05) is 19.1 Å². The summed E-state index contributed by atoms with van der Waals surface area (Å²) >= 11 is 0. The van der Waals surface area contributed by atoms with E-state index in [4.69, 9.17) is 4.74 Å². The van der Waals surface area contributed by atoms with Crippen LogP contribution in [-0.4, -0.2) is 70.2 Å². The van der Waals surface area contributed by atoms with E-state index < -0.39 is 31.0 Å². The number of rotatable bonds is 6. The summed E-state index contributed by atoms with van der Waals surface area (Å²) in [5.74, 6) is -0.950. The highest BCUT2D eigenvalue weighted by atomic mass is 32.2. The molecule has 0 saturated carbocycles. The number of hydrogen-bond donors (Lipinski definition) is 0. The molecule has 2 saturated heterocycles. The number of esters is 1. The molecule has 2 fully saturated rings. The summed E-state index contributed by atoms with van der Waals surface area (Å²) in [4.78, 5) is 14.1. The summed E-state index contributed by atoms with van der Waals surface area (Å²) in [5.41, 5.74) is 1.03.